The Balaban J connectivity index is 1.82. The largest absolute Gasteiger partial charge is 0.385 e. The van der Waals surface area contributed by atoms with Crippen molar-refractivity contribution in [3.05, 3.63) is 70.7 Å². The van der Waals surface area contributed by atoms with E-state index in [9.17, 15) is 4.79 Å². The lowest BCUT2D eigenvalue weighted by Crippen LogP contribution is -2.01. The number of ketones is 1. The van der Waals surface area contributed by atoms with E-state index < -0.39 is 0 Å². The fourth-order valence-electron chi connectivity index (χ4n) is 2.80. The lowest BCUT2D eigenvalue weighted by molar-refractivity contribution is 0.104. The van der Waals surface area contributed by atoms with Gasteiger partial charge in [-0.1, -0.05) is 18.2 Å². The number of hydrogen-bond donors (Lipinski definition) is 1. The van der Waals surface area contributed by atoms with Gasteiger partial charge in [-0.3, -0.25) is 4.79 Å². The molecular weight excluding hydrogens is 332 g/mol. The van der Waals surface area contributed by atoms with Gasteiger partial charge in [0.25, 0.3) is 0 Å². The van der Waals surface area contributed by atoms with Crippen LogP contribution in [0, 0.1) is 0 Å². The van der Waals surface area contributed by atoms with E-state index >= 15 is 0 Å². The van der Waals surface area contributed by atoms with E-state index in [1.165, 1.54) is 11.3 Å². The van der Waals surface area contributed by atoms with Crippen LogP contribution in [-0.2, 0) is 0 Å². The first-order valence-electron chi connectivity index (χ1n) is 8.03. The predicted octanol–water partition coefficient (Wildman–Crippen LogP) is 4.12. The Kier molecular flexibility index (Phi) is 4.03. The van der Waals surface area contributed by atoms with Crippen molar-refractivity contribution in [2.75, 3.05) is 11.9 Å². The third-order valence-electron chi connectivity index (χ3n) is 3.93. The van der Waals surface area contributed by atoms with Crippen molar-refractivity contribution in [2.45, 2.75) is 6.92 Å². The number of anilines is 1. The molecule has 1 aromatic carbocycles. The Labute approximate surface area is 149 Å². The predicted molar refractivity (Wildman–Crippen MR) is 100 cm³/mol. The van der Waals surface area contributed by atoms with E-state index in [1.807, 2.05) is 41.8 Å². The molecule has 0 atom stereocenters. The van der Waals surface area contributed by atoms with Crippen LogP contribution in [0.25, 0.3) is 16.9 Å². The summed E-state index contributed by atoms with van der Waals surface area (Å²) in [6.45, 7) is 2.92. The topological polar surface area (TPSA) is 59.3 Å². The van der Waals surface area contributed by atoms with E-state index in [0.717, 1.165) is 23.5 Å². The van der Waals surface area contributed by atoms with Crippen LogP contribution in [0.4, 0.5) is 5.69 Å². The molecule has 4 aromatic rings. The summed E-state index contributed by atoms with van der Waals surface area (Å²) in [4.78, 5) is 17.8. The van der Waals surface area contributed by atoms with Crippen molar-refractivity contribution in [1.82, 2.24) is 14.6 Å². The second kappa shape index (κ2) is 6.49. The molecule has 0 aliphatic heterocycles. The number of benzene rings is 1. The van der Waals surface area contributed by atoms with Crippen LogP contribution in [0.2, 0.25) is 0 Å². The molecule has 0 radical (unpaired) electrons. The third-order valence-corrected chi connectivity index (χ3v) is 4.80. The Bertz CT molecular complexity index is 1040. The van der Waals surface area contributed by atoms with Crippen molar-refractivity contribution in [3.8, 4) is 11.3 Å². The maximum absolute atomic E-state index is 12.7. The number of nitrogens with one attached hydrogen (secondary N) is 1. The number of nitrogens with zero attached hydrogens (tertiary/aromatic N) is 3. The van der Waals surface area contributed by atoms with Gasteiger partial charge >= 0.3 is 0 Å². The van der Waals surface area contributed by atoms with Crippen LogP contribution in [0.5, 0.6) is 0 Å². The average molecular weight is 348 g/mol. The Morgan fingerprint density at radius 2 is 2.16 bits per heavy atom. The van der Waals surface area contributed by atoms with E-state index in [4.69, 9.17) is 0 Å². The molecule has 3 aromatic heterocycles. The first-order chi connectivity index (χ1) is 12.3. The van der Waals surface area contributed by atoms with Gasteiger partial charge in [-0.25, -0.2) is 9.50 Å². The second-order valence-corrected chi connectivity index (χ2v) is 6.49. The van der Waals surface area contributed by atoms with E-state index in [0.29, 0.717) is 16.1 Å². The number of fused-ring (bicyclic) bond motifs is 1. The van der Waals surface area contributed by atoms with Gasteiger partial charge in [-0.2, -0.15) is 5.10 Å². The molecule has 5 nitrogen and oxygen atoms in total. The summed E-state index contributed by atoms with van der Waals surface area (Å²) in [6, 6.07) is 13.7. The Morgan fingerprint density at radius 3 is 2.96 bits per heavy atom. The Hall–Kier alpha value is -2.99. The number of hydrogen-bond acceptors (Lipinski definition) is 5. The van der Waals surface area contributed by atoms with Gasteiger partial charge in [0.15, 0.2) is 5.65 Å². The molecule has 0 spiro atoms. The van der Waals surface area contributed by atoms with Gasteiger partial charge in [-0.15, -0.1) is 11.3 Å². The minimum absolute atomic E-state index is 0.0453. The lowest BCUT2D eigenvalue weighted by atomic mass is 10.1. The fourth-order valence-corrected chi connectivity index (χ4v) is 3.48. The fraction of sp³-hybridized carbons (Fsp3) is 0.105. The minimum atomic E-state index is -0.0453. The average Bonchev–Trinajstić information content (AvgIpc) is 3.31. The summed E-state index contributed by atoms with van der Waals surface area (Å²) in [7, 11) is 0. The van der Waals surface area contributed by atoms with E-state index in [1.54, 1.807) is 16.9 Å². The number of rotatable bonds is 5. The first-order valence-corrected chi connectivity index (χ1v) is 8.91. The Morgan fingerprint density at radius 1 is 1.24 bits per heavy atom. The molecule has 0 bridgehead atoms. The minimum Gasteiger partial charge on any atom is -0.385 e. The maximum Gasteiger partial charge on any atom is 0.208 e. The number of thiophene rings is 1. The SMILES string of the molecule is CCNc1cccc(-c2ccnc3c(C(=O)c4cccs4)cnn23)c1. The molecule has 4 rings (SSSR count). The zero-order chi connectivity index (χ0) is 17.2. The van der Waals surface area contributed by atoms with E-state index in [2.05, 4.69) is 28.4 Å². The summed E-state index contributed by atoms with van der Waals surface area (Å²) in [5.74, 6) is -0.0453. The normalized spacial score (nSPS) is 10.9. The molecule has 0 aliphatic carbocycles. The summed E-state index contributed by atoms with van der Waals surface area (Å²) < 4.78 is 1.73. The van der Waals surface area contributed by atoms with Crippen LogP contribution in [0.15, 0.2) is 60.2 Å². The molecule has 0 fully saturated rings. The molecule has 1 N–H and O–H groups in total. The van der Waals surface area contributed by atoms with Crippen LogP contribution >= 0.6 is 11.3 Å². The third kappa shape index (κ3) is 2.81. The highest BCUT2D eigenvalue weighted by Gasteiger charge is 2.18. The molecule has 0 unspecified atom stereocenters. The van der Waals surface area contributed by atoms with Gasteiger partial charge in [0.2, 0.25) is 5.78 Å². The molecule has 0 aliphatic rings. The summed E-state index contributed by atoms with van der Waals surface area (Å²) in [5.41, 5.74) is 4.06. The highest BCUT2D eigenvalue weighted by Crippen LogP contribution is 2.25. The monoisotopic (exact) mass is 348 g/mol. The lowest BCUT2D eigenvalue weighted by Gasteiger charge is -2.08. The number of carbonyl (C=O) groups is 1. The molecule has 0 amide bonds. The zero-order valence-electron chi connectivity index (χ0n) is 13.6. The van der Waals surface area contributed by atoms with Crippen molar-refractivity contribution < 1.29 is 4.79 Å². The van der Waals surface area contributed by atoms with Crippen LogP contribution in [0.1, 0.15) is 22.2 Å². The maximum atomic E-state index is 12.7. The van der Waals surface area contributed by atoms with Crippen molar-refractivity contribution >= 4 is 28.5 Å². The number of aromatic nitrogens is 3. The van der Waals surface area contributed by atoms with Crippen LogP contribution in [-0.4, -0.2) is 26.9 Å². The molecule has 124 valence electrons. The molecule has 6 heteroatoms. The summed E-state index contributed by atoms with van der Waals surface area (Å²) in [6.07, 6.45) is 3.32. The second-order valence-electron chi connectivity index (χ2n) is 5.54. The quantitative estimate of drug-likeness (QED) is 0.551. The van der Waals surface area contributed by atoms with Crippen LogP contribution < -0.4 is 5.32 Å². The van der Waals surface area contributed by atoms with Gasteiger partial charge in [-0.05, 0) is 36.6 Å². The standard InChI is InChI=1S/C19H16N4OS/c1-2-20-14-6-3-5-13(11-14)16-8-9-21-19-15(12-22-23(16)19)18(24)17-7-4-10-25-17/h3-12,20H,2H2,1H3. The van der Waals surface area contributed by atoms with Crippen molar-refractivity contribution in [2.24, 2.45) is 0 Å². The van der Waals surface area contributed by atoms with Crippen LogP contribution in [0.3, 0.4) is 0 Å². The molecule has 0 saturated heterocycles. The molecular formula is C19H16N4OS. The number of carbonyl (C=O) groups excluding carboxylic acids is 1. The molecule has 3 heterocycles. The van der Waals surface area contributed by atoms with Crippen molar-refractivity contribution in [1.29, 1.82) is 0 Å². The molecule has 0 saturated carbocycles. The first kappa shape index (κ1) is 15.5. The molecule has 25 heavy (non-hydrogen) atoms. The van der Waals surface area contributed by atoms with E-state index in [-0.39, 0.29) is 5.78 Å². The van der Waals surface area contributed by atoms with Crippen molar-refractivity contribution in [3.63, 3.8) is 0 Å². The highest BCUT2D eigenvalue weighted by atomic mass is 32.1. The van der Waals surface area contributed by atoms with Gasteiger partial charge in [0, 0.05) is 24.0 Å². The smallest absolute Gasteiger partial charge is 0.208 e. The van der Waals surface area contributed by atoms with Gasteiger partial charge in [0.05, 0.1) is 22.3 Å². The van der Waals surface area contributed by atoms with Gasteiger partial charge < -0.3 is 5.32 Å². The highest BCUT2D eigenvalue weighted by molar-refractivity contribution is 7.12. The summed E-state index contributed by atoms with van der Waals surface area (Å²) in [5, 5.41) is 9.62. The summed E-state index contributed by atoms with van der Waals surface area (Å²) >= 11 is 1.42. The zero-order valence-corrected chi connectivity index (χ0v) is 14.5. The van der Waals surface area contributed by atoms with Gasteiger partial charge in [0.1, 0.15) is 0 Å².